The van der Waals surface area contributed by atoms with Gasteiger partial charge in [0, 0.05) is 17.6 Å². The van der Waals surface area contributed by atoms with Gasteiger partial charge in [0.05, 0.1) is 15.8 Å². The zero-order valence-electron chi connectivity index (χ0n) is 19.5. The fourth-order valence-electron chi connectivity index (χ4n) is 4.22. The van der Waals surface area contributed by atoms with Gasteiger partial charge in [-0.05, 0) is 74.8 Å². The Bertz CT molecular complexity index is 1350. The number of thiazole rings is 1. The first kappa shape index (κ1) is 22.9. The normalized spacial score (nSPS) is 14.9. The first-order valence-corrected chi connectivity index (χ1v) is 12.6. The second-order valence-electron chi connectivity index (χ2n) is 8.90. The molecule has 0 spiro atoms. The predicted molar refractivity (Wildman–Crippen MR) is 134 cm³/mol. The SMILES string of the molecule is CCN(CC)CCCNC(=O)c1ccc2c(c1)sc1nc(-c3ccc(C4(N)CC4)cc3F)nn12. The summed E-state index contributed by atoms with van der Waals surface area (Å²) in [6.07, 6.45) is 2.68. The van der Waals surface area contributed by atoms with Crippen molar-refractivity contribution in [3.8, 4) is 11.4 Å². The largest absolute Gasteiger partial charge is 0.352 e. The molecule has 0 aliphatic heterocycles. The Hall–Kier alpha value is -2.88. The number of carbonyl (C=O) groups excluding carboxylic acids is 1. The number of nitrogens with two attached hydrogens (primary N) is 1. The van der Waals surface area contributed by atoms with Crippen LogP contribution >= 0.6 is 11.3 Å². The van der Waals surface area contributed by atoms with Crippen LogP contribution in [0.5, 0.6) is 0 Å². The Balaban J connectivity index is 1.32. The summed E-state index contributed by atoms with van der Waals surface area (Å²) in [6.45, 7) is 7.93. The fourth-order valence-corrected chi connectivity index (χ4v) is 5.22. The summed E-state index contributed by atoms with van der Waals surface area (Å²) in [6, 6.07) is 10.6. The number of nitrogens with zero attached hydrogens (tertiary/aromatic N) is 4. The van der Waals surface area contributed by atoms with Crippen molar-refractivity contribution in [3.05, 3.63) is 53.3 Å². The second kappa shape index (κ2) is 9.05. The Morgan fingerprint density at radius 3 is 2.74 bits per heavy atom. The molecular formula is C25H29FN6OS. The number of rotatable bonds is 9. The number of hydrogen-bond donors (Lipinski definition) is 2. The van der Waals surface area contributed by atoms with Crippen molar-refractivity contribution in [1.82, 2.24) is 24.8 Å². The Labute approximate surface area is 201 Å². The fraction of sp³-hybridized carbons (Fsp3) is 0.400. The van der Waals surface area contributed by atoms with Gasteiger partial charge < -0.3 is 16.0 Å². The number of halogens is 1. The van der Waals surface area contributed by atoms with E-state index in [9.17, 15) is 9.18 Å². The van der Waals surface area contributed by atoms with Gasteiger partial charge >= 0.3 is 0 Å². The van der Waals surface area contributed by atoms with Gasteiger partial charge in [-0.15, -0.1) is 5.10 Å². The van der Waals surface area contributed by atoms with Crippen LogP contribution in [0.4, 0.5) is 4.39 Å². The van der Waals surface area contributed by atoms with Gasteiger partial charge in [0.15, 0.2) is 5.82 Å². The van der Waals surface area contributed by atoms with E-state index in [-0.39, 0.29) is 17.3 Å². The predicted octanol–water partition coefficient (Wildman–Crippen LogP) is 4.16. The van der Waals surface area contributed by atoms with E-state index in [1.54, 1.807) is 16.6 Å². The molecule has 1 saturated carbocycles. The lowest BCUT2D eigenvalue weighted by atomic mass is 10.0. The van der Waals surface area contributed by atoms with E-state index in [0.717, 1.165) is 54.7 Å². The van der Waals surface area contributed by atoms with Gasteiger partial charge in [-0.25, -0.2) is 8.91 Å². The molecule has 4 aromatic rings. The molecule has 1 fully saturated rings. The van der Waals surface area contributed by atoms with Gasteiger partial charge in [0.25, 0.3) is 5.91 Å². The topological polar surface area (TPSA) is 88.5 Å². The van der Waals surface area contributed by atoms with Crippen molar-refractivity contribution in [3.63, 3.8) is 0 Å². The molecule has 2 aromatic heterocycles. The lowest BCUT2D eigenvalue weighted by molar-refractivity contribution is 0.0952. The average molecular weight is 481 g/mol. The molecule has 0 radical (unpaired) electrons. The van der Waals surface area contributed by atoms with E-state index in [1.165, 1.54) is 17.4 Å². The third-order valence-electron chi connectivity index (χ3n) is 6.63. The molecule has 1 amide bonds. The molecule has 7 nitrogen and oxygen atoms in total. The van der Waals surface area contributed by atoms with Crippen LogP contribution < -0.4 is 11.1 Å². The first-order chi connectivity index (χ1) is 16.4. The average Bonchev–Trinajstić information content (AvgIpc) is 3.32. The monoisotopic (exact) mass is 480 g/mol. The molecule has 3 N–H and O–H groups in total. The Morgan fingerprint density at radius 1 is 1.24 bits per heavy atom. The first-order valence-electron chi connectivity index (χ1n) is 11.8. The Morgan fingerprint density at radius 2 is 2.03 bits per heavy atom. The van der Waals surface area contributed by atoms with Gasteiger partial charge in [-0.1, -0.05) is 31.3 Å². The van der Waals surface area contributed by atoms with E-state index in [0.29, 0.717) is 28.5 Å². The summed E-state index contributed by atoms with van der Waals surface area (Å²) in [5, 5.41) is 7.55. The van der Waals surface area contributed by atoms with E-state index in [2.05, 4.69) is 34.1 Å². The molecule has 9 heteroatoms. The molecule has 2 heterocycles. The summed E-state index contributed by atoms with van der Waals surface area (Å²) < 4.78 is 17.4. The van der Waals surface area contributed by atoms with Gasteiger partial charge in [-0.2, -0.15) is 4.98 Å². The van der Waals surface area contributed by atoms with Crippen molar-refractivity contribution < 1.29 is 9.18 Å². The van der Waals surface area contributed by atoms with Crippen molar-refractivity contribution >= 4 is 32.4 Å². The smallest absolute Gasteiger partial charge is 0.251 e. The standard InChI is InChI=1S/C25H29FN6OS/c1-3-31(4-2)13-5-12-28-23(33)16-6-9-20-21(14-16)34-24-29-22(30-32(20)24)18-8-7-17(15-19(18)26)25(27)10-11-25/h6-9,14-15H,3-5,10-13,27H2,1-2H3,(H,28,33). The molecule has 1 aliphatic carbocycles. The molecule has 0 atom stereocenters. The van der Waals surface area contributed by atoms with E-state index in [1.807, 2.05) is 18.2 Å². The minimum atomic E-state index is -0.382. The summed E-state index contributed by atoms with van der Waals surface area (Å²) >= 11 is 1.43. The van der Waals surface area contributed by atoms with Crippen LogP contribution in [0.3, 0.4) is 0 Å². The molecular weight excluding hydrogens is 451 g/mol. The van der Waals surface area contributed by atoms with Gasteiger partial charge in [-0.3, -0.25) is 4.79 Å². The van der Waals surface area contributed by atoms with Crippen LogP contribution in [-0.4, -0.2) is 51.6 Å². The molecule has 2 aromatic carbocycles. The van der Waals surface area contributed by atoms with E-state index >= 15 is 0 Å². The minimum Gasteiger partial charge on any atom is -0.352 e. The summed E-state index contributed by atoms with van der Waals surface area (Å²) in [4.78, 5) is 20.1. The van der Waals surface area contributed by atoms with Crippen molar-refractivity contribution in [1.29, 1.82) is 0 Å². The van der Waals surface area contributed by atoms with Crippen LogP contribution in [-0.2, 0) is 5.54 Å². The van der Waals surface area contributed by atoms with Crippen LogP contribution in [0, 0.1) is 5.82 Å². The quantitative estimate of drug-likeness (QED) is 0.351. The van der Waals surface area contributed by atoms with Crippen molar-refractivity contribution in [2.75, 3.05) is 26.2 Å². The maximum atomic E-state index is 14.8. The van der Waals surface area contributed by atoms with Gasteiger partial charge in [0.2, 0.25) is 4.96 Å². The zero-order valence-corrected chi connectivity index (χ0v) is 20.3. The highest BCUT2D eigenvalue weighted by Crippen LogP contribution is 2.43. The number of benzene rings is 2. The lowest BCUT2D eigenvalue weighted by Crippen LogP contribution is -2.29. The number of hydrogen-bond acceptors (Lipinski definition) is 6. The minimum absolute atomic E-state index is 0.0864. The molecule has 1 aliphatic rings. The molecule has 0 unspecified atom stereocenters. The molecule has 34 heavy (non-hydrogen) atoms. The van der Waals surface area contributed by atoms with Crippen LogP contribution in [0.1, 0.15) is 49.0 Å². The van der Waals surface area contributed by atoms with Crippen LogP contribution in [0.15, 0.2) is 36.4 Å². The third-order valence-corrected chi connectivity index (χ3v) is 7.63. The second-order valence-corrected chi connectivity index (χ2v) is 9.91. The van der Waals surface area contributed by atoms with Gasteiger partial charge in [0.1, 0.15) is 5.82 Å². The number of carbonyl (C=O) groups is 1. The molecule has 0 bridgehead atoms. The summed E-state index contributed by atoms with van der Waals surface area (Å²) in [7, 11) is 0. The van der Waals surface area contributed by atoms with Crippen molar-refractivity contribution in [2.24, 2.45) is 5.73 Å². The Kier molecular flexibility index (Phi) is 6.09. The maximum Gasteiger partial charge on any atom is 0.251 e. The van der Waals surface area contributed by atoms with Crippen molar-refractivity contribution in [2.45, 2.75) is 38.6 Å². The number of nitrogens with one attached hydrogen (secondary N) is 1. The molecule has 178 valence electrons. The van der Waals surface area contributed by atoms with Crippen LogP contribution in [0.25, 0.3) is 26.6 Å². The zero-order chi connectivity index (χ0) is 23.9. The highest BCUT2D eigenvalue weighted by atomic mass is 32.1. The number of aromatic nitrogens is 3. The number of fused-ring (bicyclic) bond motifs is 3. The summed E-state index contributed by atoms with van der Waals surface area (Å²) in [5.74, 6) is -0.109. The maximum absolute atomic E-state index is 14.8. The summed E-state index contributed by atoms with van der Waals surface area (Å²) in [5.41, 5.74) is 8.44. The highest BCUT2D eigenvalue weighted by molar-refractivity contribution is 7.23. The highest BCUT2D eigenvalue weighted by Gasteiger charge is 2.40. The van der Waals surface area contributed by atoms with Crippen LogP contribution in [0.2, 0.25) is 0 Å². The third kappa shape index (κ3) is 4.31. The van der Waals surface area contributed by atoms with E-state index < -0.39 is 0 Å². The molecule has 0 saturated heterocycles. The van der Waals surface area contributed by atoms with E-state index in [4.69, 9.17) is 5.73 Å². The molecule has 5 rings (SSSR count). The lowest BCUT2D eigenvalue weighted by Gasteiger charge is -2.17. The number of amides is 1.